The Bertz CT molecular complexity index is 588. The topological polar surface area (TPSA) is 46.9 Å². The van der Waals surface area contributed by atoms with E-state index < -0.39 is 0 Å². The van der Waals surface area contributed by atoms with Gasteiger partial charge in [0.1, 0.15) is 5.69 Å². The van der Waals surface area contributed by atoms with E-state index in [4.69, 9.17) is 0 Å². The quantitative estimate of drug-likeness (QED) is 0.939. The molecule has 18 heavy (non-hydrogen) atoms. The lowest BCUT2D eigenvalue weighted by atomic mass is 10.3. The Morgan fingerprint density at radius 1 is 1.61 bits per heavy atom. The third-order valence-corrected chi connectivity index (χ3v) is 4.01. The predicted molar refractivity (Wildman–Crippen MR) is 77.3 cm³/mol. The molecule has 0 saturated heterocycles. The van der Waals surface area contributed by atoms with E-state index in [-0.39, 0.29) is 5.91 Å². The zero-order chi connectivity index (χ0) is 13.3. The van der Waals surface area contributed by atoms with Crippen LogP contribution in [0.4, 0.5) is 5.13 Å². The van der Waals surface area contributed by atoms with Crippen LogP contribution in [0.15, 0.2) is 16.7 Å². The number of thiazole rings is 1. The van der Waals surface area contributed by atoms with Gasteiger partial charge >= 0.3 is 0 Å². The molecule has 2 heterocycles. The number of carbonyl (C=O) groups excluding carboxylic acids is 1. The fourth-order valence-corrected chi connectivity index (χ4v) is 3.14. The van der Waals surface area contributed by atoms with E-state index in [9.17, 15) is 4.79 Å². The van der Waals surface area contributed by atoms with Crippen molar-refractivity contribution in [1.82, 2.24) is 9.55 Å². The van der Waals surface area contributed by atoms with Gasteiger partial charge in [0.25, 0.3) is 5.91 Å². The molecule has 2 aromatic rings. The van der Waals surface area contributed by atoms with Crippen LogP contribution >= 0.6 is 27.3 Å². The summed E-state index contributed by atoms with van der Waals surface area (Å²) < 4.78 is 2.67. The molecule has 0 fully saturated rings. The van der Waals surface area contributed by atoms with E-state index in [2.05, 4.69) is 33.2 Å². The monoisotopic (exact) mass is 327 g/mol. The first-order chi connectivity index (χ1) is 8.51. The fraction of sp³-hybridized carbons (Fsp3) is 0.333. The second kappa shape index (κ2) is 5.24. The standard InChI is InChI=1S/C12H14BrN3OS/c1-4-9-7(2)18-12(14-9)15-11(17)10-5-8(13)6-16(10)3/h5-6H,4H2,1-3H3,(H,14,15,17). The summed E-state index contributed by atoms with van der Waals surface area (Å²) in [7, 11) is 1.84. The highest BCUT2D eigenvalue weighted by molar-refractivity contribution is 9.10. The first kappa shape index (κ1) is 13.3. The van der Waals surface area contributed by atoms with Gasteiger partial charge in [0.15, 0.2) is 5.13 Å². The number of hydrogen-bond donors (Lipinski definition) is 1. The van der Waals surface area contributed by atoms with Gasteiger partial charge in [-0.25, -0.2) is 4.98 Å². The number of hydrogen-bond acceptors (Lipinski definition) is 3. The summed E-state index contributed by atoms with van der Waals surface area (Å²) >= 11 is 4.86. The maximum absolute atomic E-state index is 12.1. The van der Waals surface area contributed by atoms with Crippen molar-refractivity contribution in [1.29, 1.82) is 0 Å². The summed E-state index contributed by atoms with van der Waals surface area (Å²) in [6.07, 6.45) is 2.73. The van der Waals surface area contributed by atoms with Crippen LogP contribution in [0.3, 0.4) is 0 Å². The summed E-state index contributed by atoms with van der Waals surface area (Å²) in [5.41, 5.74) is 1.65. The summed E-state index contributed by atoms with van der Waals surface area (Å²) in [5.74, 6) is -0.139. The van der Waals surface area contributed by atoms with E-state index in [1.54, 1.807) is 10.6 Å². The number of carbonyl (C=O) groups is 1. The van der Waals surface area contributed by atoms with Crippen molar-refractivity contribution < 1.29 is 4.79 Å². The van der Waals surface area contributed by atoms with Crippen LogP contribution < -0.4 is 5.32 Å². The minimum absolute atomic E-state index is 0.139. The predicted octanol–water partition coefficient (Wildman–Crippen LogP) is 3.37. The van der Waals surface area contributed by atoms with Crippen LogP contribution in [0.25, 0.3) is 0 Å². The molecule has 0 bridgehead atoms. The van der Waals surface area contributed by atoms with Crippen molar-refractivity contribution in [3.63, 3.8) is 0 Å². The van der Waals surface area contributed by atoms with Gasteiger partial charge in [-0.3, -0.25) is 10.1 Å². The molecule has 96 valence electrons. The maximum Gasteiger partial charge on any atom is 0.274 e. The van der Waals surface area contributed by atoms with Gasteiger partial charge in [0, 0.05) is 22.6 Å². The Morgan fingerprint density at radius 2 is 2.33 bits per heavy atom. The van der Waals surface area contributed by atoms with Crippen LogP contribution in [0, 0.1) is 6.92 Å². The van der Waals surface area contributed by atoms with Crippen molar-refractivity contribution in [3.8, 4) is 0 Å². The molecule has 4 nitrogen and oxygen atoms in total. The van der Waals surface area contributed by atoms with E-state index in [1.807, 2.05) is 20.2 Å². The largest absolute Gasteiger partial charge is 0.345 e. The molecule has 0 aliphatic heterocycles. The van der Waals surface area contributed by atoms with E-state index in [1.165, 1.54) is 11.3 Å². The maximum atomic E-state index is 12.1. The second-order valence-electron chi connectivity index (χ2n) is 3.98. The van der Waals surface area contributed by atoms with Gasteiger partial charge in [0.05, 0.1) is 5.69 Å². The third-order valence-electron chi connectivity index (χ3n) is 2.65. The molecular weight excluding hydrogens is 314 g/mol. The number of halogens is 1. The van der Waals surface area contributed by atoms with Crippen LogP contribution in [-0.4, -0.2) is 15.5 Å². The Morgan fingerprint density at radius 3 is 2.83 bits per heavy atom. The minimum atomic E-state index is -0.139. The average Bonchev–Trinajstić information content (AvgIpc) is 2.81. The van der Waals surface area contributed by atoms with Gasteiger partial charge in [-0.05, 0) is 35.3 Å². The molecule has 0 aromatic carbocycles. The number of aromatic nitrogens is 2. The fourth-order valence-electron chi connectivity index (χ4n) is 1.72. The molecule has 1 amide bonds. The van der Waals surface area contributed by atoms with Gasteiger partial charge in [-0.15, -0.1) is 11.3 Å². The normalized spacial score (nSPS) is 10.7. The van der Waals surface area contributed by atoms with E-state index in [0.29, 0.717) is 10.8 Å². The molecule has 0 saturated carbocycles. The van der Waals surface area contributed by atoms with Crippen molar-refractivity contribution >= 4 is 38.3 Å². The zero-order valence-electron chi connectivity index (χ0n) is 10.5. The molecule has 0 aliphatic carbocycles. The van der Waals surface area contributed by atoms with Crippen LogP contribution in [0.5, 0.6) is 0 Å². The number of anilines is 1. The molecular formula is C12H14BrN3OS. The van der Waals surface area contributed by atoms with Gasteiger partial charge in [-0.1, -0.05) is 6.92 Å². The summed E-state index contributed by atoms with van der Waals surface area (Å²) in [4.78, 5) is 17.6. The third kappa shape index (κ3) is 2.64. The molecule has 2 rings (SSSR count). The molecule has 0 aliphatic rings. The van der Waals surface area contributed by atoms with Crippen LogP contribution in [0.1, 0.15) is 28.0 Å². The minimum Gasteiger partial charge on any atom is -0.345 e. The van der Waals surface area contributed by atoms with Crippen molar-refractivity contribution in [2.75, 3.05) is 5.32 Å². The van der Waals surface area contributed by atoms with Crippen LogP contribution in [-0.2, 0) is 13.5 Å². The number of rotatable bonds is 3. The molecule has 0 unspecified atom stereocenters. The Balaban J connectivity index is 2.18. The van der Waals surface area contributed by atoms with E-state index in [0.717, 1.165) is 21.5 Å². The van der Waals surface area contributed by atoms with Crippen LogP contribution in [0.2, 0.25) is 0 Å². The summed E-state index contributed by atoms with van der Waals surface area (Å²) in [6, 6.07) is 1.79. The summed E-state index contributed by atoms with van der Waals surface area (Å²) in [6.45, 7) is 4.08. The van der Waals surface area contributed by atoms with Crippen molar-refractivity contribution in [2.45, 2.75) is 20.3 Å². The van der Waals surface area contributed by atoms with Gasteiger partial charge in [0.2, 0.25) is 0 Å². The zero-order valence-corrected chi connectivity index (χ0v) is 12.9. The average molecular weight is 328 g/mol. The first-order valence-corrected chi connectivity index (χ1v) is 7.21. The lowest BCUT2D eigenvalue weighted by molar-refractivity contribution is 0.101. The second-order valence-corrected chi connectivity index (χ2v) is 6.10. The molecule has 1 N–H and O–H groups in total. The van der Waals surface area contributed by atoms with Crippen molar-refractivity contribution in [3.05, 3.63) is 33.0 Å². The highest BCUT2D eigenvalue weighted by Crippen LogP contribution is 2.23. The molecule has 0 radical (unpaired) electrons. The number of nitrogens with zero attached hydrogens (tertiary/aromatic N) is 2. The lowest BCUT2D eigenvalue weighted by Crippen LogP contribution is -2.15. The number of aryl methyl sites for hydroxylation is 3. The smallest absolute Gasteiger partial charge is 0.274 e. The molecule has 0 atom stereocenters. The SMILES string of the molecule is CCc1nc(NC(=O)c2cc(Br)cn2C)sc1C. The molecule has 6 heteroatoms. The molecule has 0 spiro atoms. The van der Waals surface area contributed by atoms with E-state index >= 15 is 0 Å². The Kier molecular flexibility index (Phi) is 3.87. The van der Waals surface area contributed by atoms with Gasteiger partial charge in [-0.2, -0.15) is 0 Å². The Labute approximate surface area is 118 Å². The highest BCUT2D eigenvalue weighted by Gasteiger charge is 2.14. The lowest BCUT2D eigenvalue weighted by Gasteiger charge is -2.02. The van der Waals surface area contributed by atoms with Gasteiger partial charge < -0.3 is 4.57 Å². The summed E-state index contributed by atoms with van der Waals surface area (Å²) in [5, 5.41) is 3.49. The number of amides is 1. The van der Waals surface area contributed by atoms with Crippen molar-refractivity contribution in [2.24, 2.45) is 7.05 Å². The highest BCUT2D eigenvalue weighted by atomic mass is 79.9. The first-order valence-electron chi connectivity index (χ1n) is 5.60. The number of nitrogens with one attached hydrogen (secondary N) is 1. The molecule has 2 aromatic heterocycles. The Hall–Kier alpha value is -1.14.